The van der Waals surface area contributed by atoms with Gasteiger partial charge in [-0.15, -0.1) is 5.10 Å². The highest BCUT2D eigenvalue weighted by molar-refractivity contribution is 9.10. The molecule has 0 spiro atoms. The maximum atomic E-state index is 5.36. The number of hydrogen-bond acceptors (Lipinski definition) is 7. The van der Waals surface area contributed by atoms with E-state index in [1.54, 1.807) is 11.8 Å². The molecule has 1 aromatic carbocycles. The van der Waals surface area contributed by atoms with Crippen molar-refractivity contribution >= 4 is 27.7 Å². The summed E-state index contributed by atoms with van der Waals surface area (Å²) in [6, 6.07) is 7.50. The standard InChI is InChI=1S/C18H22BrN7OS/c1-18(7-8-28-11-18)21-15(14-10-20-17(19)25(14)2)16-22-23-24-26(16)12-5-4-6-13(9-12)27-3/h4-6,9-10,15,21H,7-8,11H2,1-3H3. The predicted molar refractivity (Wildman–Crippen MR) is 112 cm³/mol. The summed E-state index contributed by atoms with van der Waals surface area (Å²) in [4.78, 5) is 4.41. The van der Waals surface area contributed by atoms with Gasteiger partial charge in [-0.3, -0.25) is 5.32 Å². The number of thioether (sulfide) groups is 1. The number of hydrogen-bond donors (Lipinski definition) is 1. The molecule has 0 bridgehead atoms. The van der Waals surface area contributed by atoms with Crippen LogP contribution in [0.15, 0.2) is 35.2 Å². The second-order valence-corrected chi connectivity index (χ2v) is 8.92. The molecule has 2 atom stereocenters. The van der Waals surface area contributed by atoms with Crippen LogP contribution < -0.4 is 10.1 Å². The number of tetrazole rings is 1. The molecule has 3 aromatic rings. The van der Waals surface area contributed by atoms with E-state index in [1.807, 2.05) is 53.8 Å². The maximum absolute atomic E-state index is 5.36. The van der Waals surface area contributed by atoms with Gasteiger partial charge in [0.1, 0.15) is 11.8 Å². The van der Waals surface area contributed by atoms with Crippen molar-refractivity contribution in [3.63, 3.8) is 0 Å². The van der Waals surface area contributed by atoms with Gasteiger partial charge in [-0.25, -0.2) is 4.98 Å². The van der Waals surface area contributed by atoms with Crippen LogP contribution in [0.3, 0.4) is 0 Å². The van der Waals surface area contributed by atoms with E-state index in [-0.39, 0.29) is 11.6 Å². The van der Waals surface area contributed by atoms with E-state index >= 15 is 0 Å². The SMILES string of the molecule is COc1cccc(-n2nnnc2C(NC2(C)CCSC2)c2cnc(Br)n2C)c1. The molecule has 1 fully saturated rings. The second-order valence-electron chi connectivity index (χ2n) is 7.10. The number of nitrogens with zero attached hydrogens (tertiary/aromatic N) is 6. The molecule has 4 rings (SSSR count). The molecule has 1 aliphatic rings. The zero-order chi connectivity index (χ0) is 19.7. The quantitative estimate of drug-likeness (QED) is 0.601. The molecule has 2 aromatic heterocycles. The van der Waals surface area contributed by atoms with E-state index < -0.39 is 0 Å². The molecule has 148 valence electrons. The van der Waals surface area contributed by atoms with Crippen LogP contribution in [-0.4, -0.2) is 53.9 Å². The van der Waals surface area contributed by atoms with Crippen LogP contribution in [0.5, 0.6) is 5.75 Å². The molecule has 1 N–H and O–H groups in total. The smallest absolute Gasteiger partial charge is 0.179 e. The minimum Gasteiger partial charge on any atom is -0.497 e. The van der Waals surface area contributed by atoms with E-state index in [0.717, 1.165) is 39.8 Å². The fourth-order valence-electron chi connectivity index (χ4n) is 3.37. The van der Waals surface area contributed by atoms with Crippen molar-refractivity contribution in [2.24, 2.45) is 7.05 Å². The molecular weight excluding hydrogens is 442 g/mol. The zero-order valence-corrected chi connectivity index (χ0v) is 18.4. The van der Waals surface area contributed by atoms with E-state index in [2.05, 4.69) is 48.7 Å². The van der Waals surface area contributed by atoms with Crippen molar-refractivity contribution < 1.29 is 4.74 Å². The topological polar surface area (TPSA) is 82.7 Å². The fraction of sp³-hybridized carbons (Fsp3) is 0.444. The third kappa shape index (κ3) is 3.68. The lowest BCUT2D eigenvalue weighted by Crippen LogP contribution is -2.46. The average molecular weight is 464 g/mol. The number of halogens is 1. The zero-order valence-electron chi connectivity index (χ0n) is 16.0. The highest BCUT2D eigenvalue weighted by atomic mass is 79.9. The molecular formula is C18H22BrN7OS. The van der Waals surface area contributed by atoms with Gasteiger partial charge in [0.15, 0.2) is 10.6 Å². The van der Waals surface area contributed by atoms with Gasteiger partial charge in [0.2, 0.25) is 0 Å². The molecule has 1 aliphatic heterocycles. The minimum absolute atomic E-state index is 0.00274. The number of ether oxygens (including phenoxy) is 1. The Morgan fingerprint density at radius 2 is 2.25 bits per heavy atom. The van der Waals surface area contributed by atoms with E-state index in [4.69, 9.17) is 4.74 Å². The molecule has 0 aliphatic carbocycles. The Morgan fingerprint density at radius 1 is 1.39 bits per heavy atom. The highest BCUT2D eigenvalue weighted by Gasteiger charge is 2.36. The Morgan fingerprint density at radius 3 is 2.93 bits per heavy atom. The summed E-state index contributed by atoms with van der Waals surface area (Å²) in [6.07, 6.45) is 2.95. The largest absolute Gasteiger partial charge is 0.497 e. The Hall–Kier alpha value is -1.91. The van der Waals surface area contributed by atoms with Crippen LogP contribution in [-0.2, 0) is 7.05 Å². The number of aromatic nitrogens is 6. The first kappa shape index (κ1) is 19.4. The summed E-state index contributed by atoms with van der Waals surface area (Å²) in [5, 5.41) is 16.4. The number of benzene rings is 1. The van der Waals surface area contributed by atoms with Gasteiger partial charge in [-0.1, -0.05) is 6.07 Å². The third-order valence-corrected chi connectivity index (χ3v) is 7.10. The summed E-state index contributed by atoms with van der Waals surface area (Å²) in [5.74, 6) is 3.66. The van der Waals surface area contributed by atoms with Crippen molar-refractivity contribution in [3.8, 4) is 11.4 Å². The van der Waals surface area contributed by atoms with Crippen LogP contribution in [0, 0.1) is 0 Å². The van der Waals surface area contributed by atoms with Gasteiger partial charge in [-0.2, -0.15) is 16.4 Å². The first-order valence-corrected chi connectivity index (χ1v) is 10.9. The minimum atomic E-state index is -0.214. The van der Waals surface area contributed by atoms with Crippen LogP contribution in [0.4, 0.5) is 0 Å². The lowest BCUT2D eigenvalue weighted by Gasteiger charge is -2.30. The van der Waals surface area contributed by atoms with Gasteiger partial charge in [-0.05, 0) is 57.6 Å². The molecule has 2 unspecified atom stereocenters. The number of imidazole rings is 1. The Balaban J connectivity index is 1.79. The molecule has 28 heavy (non-hydrogen) atoms. The Kier molecular flexibility index (Phi) is 5.44. The van der Waals surface area contributed by atoms with Crippen LogP contribution in [0.2, 0.25) is 0 Å². The molecule has 3 heterocycles. The summed E-state index contributed by atoms with van der Waals surface area (Å²) < 4.78 is 9.89. The first-order chi connectivity index (χ1) is 13.5. The first-order valence-electron chi connectivity index (χ1n) is 8.96. The molecule has 0 radical (unpaired) electrons. The van der Waals surface area contributed by atoms with E-state index in [1.165, 1.54) is 0 Å². The molecule has 1 saturated heterocycles. The van der Waals surface area contributed by atoms with Crippen molar-refractivity contribution in [3.05, 3.63) is 46.7 Å². The fourth-order valence-corrected chi connectivity index (χ4v) is 5.09. The highest BCUT2D eigenvalue weighted by Crippen LogP contribution is 2.33. The van der Waals surface area contributed by atoms with Crippen molar-refractivity contribution in [1.29, 1.82) is 0 Å². The van der Waals surface area contributed by atoms with Crippen LogP contribution in [0.1, 0.15) is 30.9 Å². The summed E-state index contributed by atoms with van der Waals surface area (Å²) in [7, 11) is 3.63. The Labute approximate surface area is 176 Å². The van der Waals surface area contributed by atoms with Crippen LogP contribution >= 0.6 is 27.7 Å². The third-order valence-electron chi connectivity index (χ3n) is 5.02. The van der Waals surface area contributed by atoms with Gasteiger partial charge in [0, 0.05) is 24.4 Å². The number of nitrogens with one attached hydrogen (secondary N) is 1. The molecule has 0 amide bonds. The number of methoxy groups -OCH3 is 1. The average Bonchev–Trinajstić information content (AvgIpc) is 3.42. The van der Waals surface area contributed by atoms with E-state index in [9.17, 15) is 0 Å². The van der Waals surface area contributed by atoms with Crippen molar-refractivity contribution in [2.75, 3.05) is 18.6 Å². The molecule has 0 saturated carbocycles. The lowest BCUT2D eigenvalue weighted by molar-refractivity contribution is 0.351. The van der Waals surface area contributed by atoms with E-state index in [0.29, 0.717) is 5.82 Å². The predicted octanol–water partition coefficient (Wildman–Crippen LogP) is 2.74. The van der Waals surface area contributed by atoms with Crippen LogP contribution in [0.25, 0.3) is 5.69 Å². The van der Waals surface area contributed by atoms with Crippen molar-refractivity contribution in [2.45, 2.75) is 24.9 Å². The summed E-state index contributed by atoms with van der Waals surface area (Å²) >= 11 is 5.46. The monoisotopic (exact) mass is 463 g/mol. The van der Waals surface area contributed by atoms with Gasteiger partial charge in [0.25, 0.3) is 0 Å². The normalized spacial score (nSPS) is 20.4. The summed E-state index contributed by atoms with van der Waals surface area (Å²) in [6.45, 7) is 2.26. The molecule has 8 nitrogen and oxygen atoms in total. The number of rotatable bonds is 6. The second kappa shape index (κ2) is 7.84. The Bertz CT molecular complexity index is 967. The lowest BCUT2D eigenvalue weighted by atomic mass is 9.99. The van der Waals surface area contributed by atoms with Gasteiger partial charge >= 0.3 is 0 Å². The summed E-state index contributed by atoms with van der Waals surface area (Å²) in [5.41, 5.74) is 1.83. The van der Waals surface area contributed by atoms with Crippen molar-refractivity contribution in [1.82, 2.24) is 35.1 Å². The maximum Gasteiger partial charge on any atom is 0.179 e. The molecule has 10 heteroatoms. The van der Waals surface area contributed by atoms with Gasteiger partial charge in [0.05, 0.1) is 24.7 Å². The van der Waals surface area contributed by atoms with Gasteiger partial charge < -0.3 is 9.30 Å².